The van der Waals surface area contributed by atoms with Crippen LogP contribution in [0.1, 0.15) is 17.7 Å². The number of hydrogen-bond donors (Lipinski definition) is 3. The van der Waals surface area contributed by atoms with Crippen LogP contribution < -0.4 is 5.32 Å². The summed E-state index contributed by atoms with van der Waals surface area (Å²) in [7, 11) is 1.46. The van der Waals surface area contributed by atoms with Crippen LogP contribution in [-0.4, -0.2) is 74.1 Å². The summed E-state index contributed by atoms with van der Waals surface area (Å²) >= 11 is 4.90. The van der Waals surface area contributed by atoms with E-state index in [9.17, 15) is 14.3 Å². The van der Waals surface area contributed by atoms with Crippen molar-refractivity contribution >= 4 is 28.9 Å². The highest BCUT2D eigenvalue weighted by molar-refractivity contribution is 7.80. The van der Waals surface area contributed by atoms with Gasteiger partial charge in [0.1, 0.15) is 11.5 Å². The SMILES string of the molecule is COC(=S)NCc1cn(-c2ccc(C3=CCN(C(=O)[C@H](O)CO)CC3)c(F)c2)nn1. The van der Waals surface area contributed by atoms with Gasteiger partial charge < -0.3 is 25.2 Å². The molecule has 3 N–H and O–H groups in total. The number of amides is 1. The Hall–Kier alpha value is -2.89. The number of aliphatic hydroxyl groups is 2. The van der Waals surface area contributed by atoms with Crippen molar-refractivity contribution < 1.29 is 24.1 Å². The largest absolute Gasteiger partial charge is 0.474 e. The first-order valence-corrected chi connectivity index (χ1v) is 9.63. The van der Waals surface area contributed by atoms with Crippen LogP contribution in [0.5, 0.6) is 0 Å². The molecule has 2 heterocycles. The number of aromatic nitrogens is 3. The van der Waals surface area contributed by atoms with Crippen LogP contribution in [0, 0.1) is 5.82 Å². The van der Waals surface area contributed by atoms with Gasteiger partial charge in [-0.25, -0.2) is 9.07 Å². The fraction of sp³-hybridized carbons (Fsp3) is 0.368. The second kappa shape index (κ2) is 9.74. The zero-order valence-electron chi connectivity index (χ0n) is 16.3. The van der Waals surface area contributed by atoms with Crippen LogP contribution >= 0.6 is 12.2 Å². The number of rotatable bonds is 6. The Balaban J connectivity index is 1.69. The second-order valence-electron chi connectivity index (χ2n) is 6.63. The lowest BCUT2D eigenvalue weighted by Gasteiger charge is -2.28. The van der Waals surface area contributed by atoms with E-state index in [4.69, 9.17) is 22.1 Å². The number of aliphatic hydroxyl groups excluding tert-OH is 2. The molecule has 1 aliphatic heterocycles. The number of carbonyl (C=O) groups is 1. The van der Waals surface area contributed by atoms with Crippen LogP contribution in [0.25, 0.3) is 11.3 Å². The molecule has 0 spiro atoms. The molecule has 0 saturated carbocycles. The van der Waals surface area contributed by atoms with Gasteiger partial charge in [-0.3, -0.25) is 4.79 Å². The third-order valence-electron chi connectivity index (χ3n) is 4.68. The van der Waals surface area contributed by atoms with E-state index in [1.807, 2.05) is 0 Å². The van der Waals surface area contributed by atoms with Crippen LogP contribution in [0.15, 0.2) is 30.5 Å². The number of thiocarbonyl (C=S) groups is 1. The van der Waals surface area contributed by atoms with Gasteiger partial charge in [0.2, 0.25) is 0 Å². The average Bonchev–Trinajstić information content (AvgIpc) is 3.25. The third kappa shape index (κ3) is 4.99. The molecule has 0 saturated heterocycles. The van der Waals surface area contributed by atoms with E-state index in [1.165, 1.54) is 22.8 Å². The van der Waals surface area contributed by atoms with Crippen molar-refractivity contribution in [2.45, 2.75) is 19.1 Å². The molecular weight excluding hydrogens is 413 g/mol. The summed E-state index contributed by atoms with van der Waals surface area (Å²) in [4.78, 5) is 13.3. The van der Waals surface area contributed by atoms with Gasteiger partial charge in [0, 0.05) is 24.7 Å². The van der Waals surface area contributed by atoms with Crippen LogP contribution in [0.2, 0.25) is 0 Å². The summed E-state index contributed by atoms with van der Waals surface area (Å²) < 4.78 is 21.1. The van der Waals surface area contributed by atoms with Gasteiger partial charge in [0.05, 0.1) is 32.1 Å². The van der Waals surface area contributed by atoms with E-state index >= 15 is 0 Å². The first-order valence-electron chi connectivity index (χ1n) is 9.23. The molecule has 11 heteroatoms. The van der Waals surface area contributed by atoms with Gasteiger partial charge in [0.15, 0.2) is 6.10 Å². The highest BCUT2D eigenvalue weighted by Crippen LogP contribution is 2.26. The lowest BCUT2D eigenvalue weighted by molar-refractivity contribution is -0.141. The van der Waals surface area contributed by atoms with Gasteiger partial charge in [-0.05, 0) is 36.3 Å². The number of methoxy groups -OCH3 is 1. The summed E-state index contributed by atoms with van der Waals surface area (Å²) in [5.74, 6) is -0.948. The molecule has 160 valence electrons. The molecule has 0 unspecified atom stereocenters. The molecule has 0 fully saturated rings. The predicted molar refractivity (Wildman–Crippen MR) is 110 cm³/mol. The van der Waals surface area contributed by atoms with Crippen LogP contribution in [0.3, 0.4) is 0 Å². The molecule has 9 nitrogen and oxygen atoms in total. The monoisotopic (exact) mass is 435 g/mol. The Morgan fingerprint density at radius 1 is 1.47 bits per heavy atom. The molecule has 0 bridgehead atoms. The molecule has 0 radical (unpaired) electrons. The summed E-state index contributed by atoms with van der Waals surface area (Å²) in [6, 6.07) is 4.77. The molecular formula is C19H22FN5O4S. The normalized spacial score (nSPS) is 14.8. The number of benzene rings is 1. The number of nitrogens with zero attached hydrogens (tertiary/aromatic N) is 4. The minimum Gasteiger partial charge on any atom is -0.474 e. The van der Waals surface area contributed by atoms with Crippen molar-refractivity contribution in [1.82, 2.24) is 25.2 Å². The number of ether oxygens (including phenoxy) is 1. The van der Waals surface area contributed by atoms with Gasteiger partial charge in [-0.15, -0.1) is 5.10 Å². The topological polar surface area (TPSA) is 113 Å². The third-order valence-corrected chi connectivity index (χ3v) is 4.99. The fourth-order valence-electron chi connectivity index (χ4n) is 3.05. The van der Waals surface area contributed by atoms with Crippen molar-refractivity contribution in [3.63, 3.8) is 0 Å². The zero-order chi connectivity index (χ0) is 21.7. The van der Waals surface area contributed by atoms with E-state index in [2.05, 4.69) is 15.6 Å². The zero-order valence-corrected chi connectivity index (χ0v) is 17.1. The van der Waals surface area contributed by atoms with Crippen LogP contribution in [-0.2, 0) is 16.1 Å². The molecule has 2 aromatic rings. The first-order chi connectivity index (χ1) is 14.4. The number of halogens is 1. The van der Waals surface area contributed by atoms with Gasteiger partial charge in [-0.2, -0.15) is 0 Å². The van der Waals surface area contributed by atoms with E-state index < -0.39 is 24.4 Å². The molecule has 30 heavy (non-hydrogen) atoms. The maximum absolute atomic E-state index is 14.8. The Morgan fingerprint density at radius 2 is 2.27 bits per heavy atom. The molecule has 1 aromatic heterocycles. The lowest BCUT2D eigenvalue weighted by Crippen LogP contribution is -2.42. The molecule has 1 aromatic carbocycles. The Kier molecular flexibility index (Phi) is 7.08. The summed E-state index contributed by atoms with van der Waals surface area (Å²) in [6.45, 7) is 0.294. The Morgan fingerprint density at radius 3 is 2.90 bits per heavy atom. The van der Waals surface area contributed by atoms with E-state index in [0.29, 0.717) is 36.5 Å². The minimum absolute atomic E-state index is 0.242. The van der Waals surface area contributed by atoms with Crippen LogP contribution in [0.4, 0.5) is 4.39 Å². The lowest BCUT2D eigenvalue weighted by atomic mass is 9.98. The quantitative estimate of drug-likeness (QED) is 0.559. The molecule has 1 aliphatic rings. The number of hydrogen-bond acceptors (Lipinski definition) is 7. The van der Waals surface area contributed by atoms with E-state index in [1.54, 1.807) is 24.4 Å². The predicted octanol–water partition coefficient (Wildman–Crippen LogP) is 0.396. The average molecular weight is 435 g/mol. The van der Waals surface area contributed by atoms with Gasteiger partial charge in [-0.1, -0.05) is 11.3 Å². The Bertz CT molecular complexity index is 964. The maximum atomic E-state index is 14.8. The van der Waals surface area contributed by atoms with Gasteiger partial charge >= 0.3 is 0 Å². The summed E-state index contributed by atoms with van der Waals surface area (Å²) in [5.41, 5.74) is 2.35. The maximum Gasteiger partial charge on any atom is 0.256 e. The summed E-state index contributed by atoms with van der Waals surface area (Å²) in [6.07, 6.45) is 2.43. The van der Waals surface area contributed by atoms with Crippen molar-refractivity contribution in [3.8, 4) is 5.69 Å². The Labute approximate surface area is 177 Å². The van der Waals surface area contributed by atoms with E-state index in [-0.39, 0.29) is 11.7 Å². The summed E-state index contributed by atoms with van der Waals surface area (Å²) in [5, 5.41) is 29.5. The highest BCUT2D eigenvalue weighted by atomic mass is 32.1. The molecule has 1 atom stereocenters. The van der Waals surface area contributed by atoms with E-state index in [0.717, 1.165) is 5.57 Å². The fourth-order valence-corrected chi connectivity index (χ4v) is 3.12. The second-order valence-corrected chi connectivity index (χ2v) is 7.00. The van der Waals surface area contributed by atoms with Gasteiger partial charge in [0.25, 0.3) is 11.1 Å². The smallest absolute Gasteiger partial charge is 0.256 e. The molecule has 3 rings (SSSR count). The first kappa shape index (κ1) is 21.8. The van der Waals surface area contributed by atoms with Crippen molar-refractivity contribution in [2.24, 2.45) is 0 Å². The van der Waals surface area contributed by atoms with Crippen molar-refractivity contribution in [2.75, 3.05) is 26.8 Å². The standard InChI is InChI=1S/C19H22FN5O4S/c1-29-19(30)21-9-13-10-25(23-22-13)14-2-3-15(16(20)8-14)12-4-6-24(7-5-12)18(28)17(27)11-26/h2-4,8,10,17,26-27H,5-7,9,11H2,1H3,(H,21,30)/t17-/m1/s1. The van der Waals surface area contributed by atoms with Crippen molar-refractivity contribution in [3.05, 3.63) is 47.5 Å². The van der Waals surface area contributed by atoms with Crippen molar-refractivity contribution in [1.29, 1.82) is 0 Å². The number of nitrogens with one attached hydrogen (secondary N) is 1. The minimum atomic E-state index is -1.43. The number of carbonyl (C=O) groups excluding carboxylic acids is 1. The highest BCUT2D eigenvalue weighted by Gasteiger charge is 2.24. The molecule has 1 amide bonds. The molecule has 0 aliphatic carbocycles.